The molecule has 0 radical (unpaired) electrons. The second-order valence-electron chi connectivity index (χ2n) is 8.90. The van der Waals surface area contributed by atoms with Crippen LogP contribution in [-0.2, 0) is 24.2 Å². The van der Waals surface area contributed by atoms with E-state index in [0.29, 0.717) is 34.0 Å². The molecular formula is C25H28FN5O2S2. The third-order valence-electron chi connectivity index (χ3n) is 5.67. The maximum Gasteiger partial charge on any atom is 0.235 e. The molecule has 0 saturated heterocycles. The topological polar surface area (TPSA) is 92.8 Å². The summed E-state index contributed by atoms with van der Waals surface area (Å²) in [6.07, 6.45) is 3.53. The number of amides is 1. The SMILES string of the molecule is CC(C)Cn1c(SCC(=O)Nc2sc3c(c2C#N)CCCC3)nnc1C(C)Oc1ccccc1F. The van der Waals surface area contributed by atoms with Crippen LogP contribution in [0.3, 0.4) is 0 Å². The largest absolute Gasteiger partial charge is 0.480 e. The number of aromatic nitrogens is 3. The van der Waals surface area contributed by atoms with Crippen molar-refractivity contribution in [2.75, 3.05) is 11.1 Å². The molecule has 1 aliphatic carbocycles. The monoisotopic (exact) mass is 513 g/mol. The fraction of sp³-hybridized carbons (Fsp3) is 0.440. The van der Waals surface area contributed by atoms with Crippen LogP contribution in [0.5, 0.6) is 5.75 Å². The van der Waals surface area contributed by atoms with Gasteiger partial charge in [-0.05, 0) is 56.2 Å². The smallest absolute Gasteiger partial charge is 0.235 e. The standard InChI is InChI=1S/C25H28FN5O2S2/c1-15(2)13-31-23(16(3)33-20-10-6-5-9-19(20)26)29-30-25(31)34-14-22(32)28-24-18(12-27)17-8-4-7-11-21(17)35-24/h5-6,9-10,15-16H,4,7-8,11,13-14H2,1-3H3,(H,28,32). The van der Waals surface area contributed by atoms with E-state index in [1.807, 2.05) is 4.57 Å². The van der Waals surface area contributed by atoms with Crippen molar-refractivity contribution in [3.05, 3.63) is 51.9 Å². The minimum absolute atomic E-state index is 0.131. The number of nitrogens with zero attached hydrogens (tertiary/aromatic N) is 4. The molecule has 7 nitrogen and oxygen atoms in total. The number of benzene rings is 1. The van der Waals surface area contributed by atoms with E-state index in [1.54, 1.807) is 25.1 Å². The van der Waals surface area contributed by atoms with Gasteiger partial charge in [-0.2, -0.15) is 5.26 Å². The van der Waals surface area contributed by atoms with Crippen LogP contribution in [0.1, 0.15) is 61.5 Å². The maximum atomic E-state index is 14.1. The highest BCUT2D eigenvalue weighted by molar-refractivity contribution is 7.99. The van der Waals surface area contributed by atoms with Crippen molar-refractivity contribution >= 4 is 34.0 Å². The van der Waals surface area contributed by atoms with Crippen LogP contribution in [0.2, 0.25) is 0 Å². The third-order valence-corrected chi connectivity index (χ3v) is 7.84. The zero-order valence-corrected chi connectivity index (χ0v) is 21.6. The van der Waals surface area contributed by atoms with E-state index in [4.69, 9.17) is 4.74 Å². The van der Waals surface area contributed by atoms with Crippen LogP contribution in [0.25, 0.3) is 0 Å². The highest BCUT2D eigenvalue weighted by atomic mass is 32.2. The van der Waals surface area contributed by atoms with Crippen molar-refractivity contribution in [1.82, 2.24) is 14.8 Å². The Kier molecular flexibility index (Phi) is 8.08. The summed E-state index contributed by atoms with van der Waals surface area (Å²) in [7, 11) is 0. The highest BCUT2D eigenvalue weighted by Crippen LogP contribution is 2.37. The van der Waals surface area contributed by atoms with Gasteiger partial charge in [0.1, 0.15) is 11.1 Å². The summed E-state index contributed by atoms with van der Waals surface area (Å²) in [5, 5.41) is 22.4. The molecular weight excluding hydrogens is 485 g/mol. The molecule has 1 atom stereocenters. The first-order valence-electron chi connectivity index (χ1n) is 11.7. The molecule has 4 rings (SSSR count). The number of carbonyl (C=O) groups excluding carboxylic acids is 1. The van der Waals surface area contributed by atoms with Crippen molar-refractivity contribution in [1.29, 1.82) is 5.26 Å². The zero-order valence-electron chi connectivity index (χ0n) is 20.0. The summed E-state index contributed by atoms with van der Waals surface area (Å²) in [6.45, 7) is 6.59. The van der Waals surface area contributed by atoms with Gasteiger partial charge in [-0.15, -0.1) is 21.5 Å². The van der Waals surface area contributed by atoms with Gasteiger partial charge in [0.2, 0.25) is 5.91 Å². The molecule has 3 aromatic rings. The zero-order chi connectivity index (χ0) is 24.9. The van der Waals surface area contributed by atoms with Crippen LogP contribution in [0.15, 0.2) is 29.4 Å². The maximum absolute atomic E-state index is 14.1. The Balaban J connectivity index is 1.46. The normalized spacial score (nSPS) is 13.8. The number of aryl methyl sites for hydroxylation is 1. The number of halogens is 1. The van der Waals surface area contributed by atoms with Crippen molar-refractivity contribution in [3.8, 4) is 11.8 Å². The van der Waals surface area contributed by atoms with E-state index in [0.717, 1.165) is 31.2 Å². The molecule has 0 bridgehead atoms. The number of hydrogen-bond acceptors (Lipinski definition) is 7. The van der Waals surface area contributed by atoms with Gasteiger partial charge in [0, 0.05) is 11.4 Å². The second kappa shape index (κ2) is 11.2. The second-order valence-corrected chi connectivity index (χ2v) is 10.9. The summed E-state index contributed by atoms with van der Waals surface area (Å²) >= 11 is 2.80. The van der Waals surface area contributed by atoms with E-state index in [1.165, 1.54) is 34.0 Å². The lowest BCUT2D eigenvalue weighted by Gasteiger charge is -2.18. The number of thiophene rings is 1. The lowest BCUT2D eigenvalue weighted by molar-refractivity contribution is -0.113. The summed E-state index contributed by atoms with van der Waals surface area (Å²) in [5.41, 5.74) is 1.70. The molecule has 184 valence electrons. The Morgan fingerprint density at radius 1 is 1.29 bits per heavy atom. The Bertz CT molecular complexity index is 1250. The first-order valence-corrected chi connectivity index (χ1v) is 13.5. The molecule has 1 N–H and O–H groups in total. The van der Waals surface area contributed by atoms with Crippen LogP contribution in [-0.4, -0.2) is 26.4 Å². The van der Waals surface area contributed by atoms with Gasteiger partial charge in [0.15, 0.2) is 28.7 Å². The number of nitrogens with one attached hydrogen (secondary N) is 1. The molecule has 1 unspecified atom stereocenters. The van der Waals surface area contributed by atoms with Crippen LogP contribution in [0.4, 0.5) is 9.39 Å². The van der Waals surface area contributed by atoms with Gasteiger partial charge in [-0.3, -0.25) is 4.79 Å². The molecule has 10 heteroatoms. The number of para-hydroxylation sites is 1. The van der Waals surface area contributed by atoms with E-state index in [9.17, 15) is 14.4 Å². The van der Waals surface area contributed by atoms with Gasteiger partial charge in [-0.1, -0.05) is 37.7 Å². The van der Waals surface area contributed by atoms with E-state index in [-0.39, 0.29) is 17.4 Å². The Morgan fingerprint density at radius 3 is 2.80 bits per heavy atom. The molecule has 0 aliphatic heterocycles. The third kappa shape index (κ3) is 5.85. The molecule has 35 heavy (non-hydrogen) atoms. The number of carbonyl (C=O) groups is 1. The number of nitriles is 1. The van der Waals surface area contributed by atoms with Crippen LogP contribution < -0.4 is 10.1 Å². The van der Waals surface area contributed by atoms with Gasteiger partial charge in [0.25, 0.3) is 0 Å². The predicted octanol–water partition coefficient (Wildman–Crippen LogP) is 5.76. The summed E-state index contributed by atoms with van der Waals surface area (Å²) in [6, 6.07) is 8.52. The fourth-order valence-electron chi connectivity index (χ4n) is 4.09. The number of ether oxygens (including phenoxy) is 1. The van der Waals surface area contributed by atoms with Crippen molar-refractivity contribution in [3.63, 3.8) is 0 Å². The number of anilines is 1. The summed E-state index contributed by atoms with van der Waals surface area (Å²) in [5.74, 6) is 0.525. The first kappa shape index (κ1) is 25.2. The Morgan fingerprint density at radius 2 is 2.06 bits per heavy atom. The molecule has 1 aromatic carbocycles. The van der Waals surface area contributed by atoms with Gasteiger partial charge in [-0.25, -0.2) is 4.39 Å². The lowest BCUT2D eigenvalue weighted by Crippen LogP contribution is -2.17. The Labute approximate surface area is 212 Å². The van der Waals surface area contributed by atoms with E-state index in [2.05, 4.69) is 35.4 Å². The van der Waals surface area contributed by atoms with Crippen LogP contribution in [0, 0.1) is 23.1 Å². The average molecular weight is 514 g/mol. The minimum Gasteiger partial charge on any atom is -0.480 e. The number of hydrogen-bond donors (Lipinski definition) is 1. The molecule has 2 heterocycles. The van der Waals surface area contributed by atoms with Gasteiger partial charge < -0.3 is 14.6 Å². The summed E-state index contributed by atoms with van der Waals surface area (Å²) in [4.78, 5) is 14.0. The lowest BCUT2D eigenvalue weighted by atomic mass is 9.96. The van der Waals surface area contributed by atoms with E-state index >= 15 is 0 Å². The molecule has 1 aliphatic rings. The molecule has 0 saturated carbocycles. The summed E-state index contributed by atoms with van der Waals surface area (Å²) < 4.78 is 21.8. The van der Waals surface area contributed by atoms with Crippen molar-refractivity contribution < 1.29 is 13.9 Å². The molecule has 1 amide bonds. The highest BCUT2D eigenvalue weighted by Gasteiger charge is 2.24. The molecule has 0 spiro atoms. The van der Waals surface area contributed by atoms with E-state index < -0.39 is 11.9 Å². The first-order chi connectivity index (χ1) is 16.9. The Hall–Kier alpha value is -2.90. The van der Waals surface area contributed by atoms with Crippen LogP contribution >= 0.6 is 23.1 Å². The molecule has 0 fully saturated rings. The van der Waals surface area contributed by atoms with Gasteiger partial charge in [0.05, 0.1) is 11.3 Å². The fourth-order valence-corrected chi connectivity index (χ4v) is 6.10. The van der Waals surface area contributed by atoms with Crippen molar-refractivity contribution in [2.24, 2.45) is 5.92 Å². The number of rotatable bonds is 9. The van der Waals surface area contributed by atoms with Gasteiger partial charge >= 0.3 is 0 Å². The van der Waals surface area contributed by atoms with Crippen molar-refractivity contribution in [2.45, 2.75) is 64.3 Å². The minimum atomic E-state index is -0.531. The number of fused-ring (bicyclic) bond motifs is 1. The quantitative estimate of drug-likeness (QED) is 0.366. The molecule has 2 aromatic heterocycles. The average Bonchev–Trinajstić information content (AvgIpc) is 3.39. The number of thioether (sulfide) groups is 1. The predicted molar refractivity (Wildman–Crippen MR) is 135 cm³/mol.